The summed E-state index contributed by atoms with van der Waals surface area (Å²) in [7, 11) is 0. The monoisotopic (exact) mass is 307 g/mol. The number of amides is 1. The van der Waals surface area contributed by atoms with Crippen molar-refractivity contribution >= 4 is 5.91 Å². The van der Waals surface area contributed by atoms with Gasteiger partial charge in [0.25, 0.3) is 5.91 Å². The lowest BCUT2D eigenvalue weighted by Crippen LogP contribution is -2.55. The van der Waals surface area contributed by atoms with E-state index < -0.39 is 11.5 Å². The molecule has 1 aromatic rings. The Morgan fingerprint density at radius 1 is 1.45 bits per heavy atom. The van der Waals surface area contributed by atoms with Crippen molar-refractivity contribution < 1.29 is 15.0 Å². The molecule has 0 aromatic carbocycles. The van der Waals surface area contributed by atoms with Crippen LogP contribution in [0.4, 0.5) is 0 Å². The number of aryl methyl sites for hydroxylation is 2. The van der Waals surface area contributed by atoms with Crippen molar-refractivity contribution in [3.63, 3.8) is 0 Å². The maximum absolute atomic E-state index is 12.7. The lowest BCUT2D eigenvalue weighted by molar-refractivity contribution is -0.0721. The van der Waals surface area contributed by atoms with Crippen molar-refractivity contribution in [3.05, 3.63) is 23.3 Å². The molecular formula is C16H25N3O3. The molecule has 122 valence electrons. The standard InChI is InChI=1S/C16H25N3O3/c1-4-6-16(10-20)9-19(7-5-14(16)21)15(22)13-8-11(2)17-12(3)18-13/h8,14,20-21H,4-7,9-10H2,1-3H3/t14-,16-/m0/s1. The van der Waals surface area contributed by atoms with Gasteiger partial charge in [0, 0.05) is 24.2 Å². The molecule has 2 heterocycles. The van der Waals surface area contributed by atoms with E-state index in [1.165, 1.54) is 0 Å². The van der Waals surface area contributed by atoms with E-state index in [0.29, 0.717) is 37.4 Å². The highest BCUT2D eigenvalue weighted by molar-refractivity contribution is 5.92. The second-order valence-corrected chi connectivity index (χ2v) is 6.24. The third-order valence-electron chi connectivity index (χ3n) is 4.42. The number of aromatic nitrogens is 2. The maximum atomic E-state index is 12.7. The van der Waals surface area contributed by atoms with Gasteiger partial charge in [-0.3, -0.25) is 4.79 Å². The minimum atomic E-state index is -0.625. The molecule has 1 aromatic heterocycles. The highest BCUT2D eigenvalue weighted by Crippen LogP contribution is 2.35. The number of aliphatic hydroxyl groups excluding tert-OH is 2. The molecule has 1 aliphatic heterocycles. The smallest absolute Gasteiger partial charge is 0.272 e. The fourth-order valence-corrected chi connectivity index (χ4v) is 3.29. The third kappa shape index (κ3) is 3.28. The van der Waals surface area contributed by atoms with Crippen molar-refractivity contribution in [3.8, 4) is 0 Å². The van der Waals surface area contributed by atoms with Crippen molar-refractivity contribution in [2.75, 3.05) is 19.7 Å². The van der Waals surface area contributed by atoms with Gasteiger partial charge in [-0.25, -0.2) is 9.97 Å². The van der Waals surface area contributed by atoms with Crippen LogP contribution in [-0.4, -0.2) is 56.8 Å². The zero-order valence-electron chi connectivity index (χ0n) is 13.5. The number of nitrogens with zero attached hydrogens (tertiary/aromatic N) is 3. The minimum absolute atomic E-state index is 0.117. The molecule has 6 heteroatoms. The minimum Gasteiger partial charge on any atom is -0.396 e. The van der Waals surface area contributed by atoms with Crippen LogP contribution in [0.15, 0.2) is 6.07 Å². The van der Waals surface area contributed by atoms with Gasteiger partial charge in [-0.15, -0.1) is 0 Å². The predicted molar refractivity (Wildman–Crippen MR) is 82.5 cm³/mol. The Kier molecular flexibility index (Phi) is 5.13. The predicted octanol–water partition coefficient (Wildman–Crippen LogP) is 1.08. The van der Waals surface area contributed by atoms with Gasteiger partial charge in [0.05, 0.1) is 12.7 Å². The van der Waals surface area contributed by atoms with E-state index in [4.69, 9.17) is 0 Å². The molecule has 2 rings (SSSR count). The summed E-state index contributed by atoms with van der Waals surface area (Å²) in [6, 6.07) is 1.68. The molecule has 0 unspecified atom stereocenters. The number of aliphatic hydroxyl groups is 2. The molecule has 0 saturated carbocycles. The zero-order valence-corrected chi connectivity index (χ0v) is 13.5. The fraction of sp³-hybridized carbons (Fsp3) is 0.688. The SMILES string of the molecule is CCC[C@@]1(CO)CN(C(=O)c2cc(C)nc(C)n2)CC[C@@H]1O. The Balaban J connectivity index is 2.23. The van der Waals surface area contributed by atoms with Crippen molar-refractivity contribution in [2.24, 2.45) is 5.41 Å². The highest BCUT2D eigenvalue weighted by atomic mass is 16.3. The van der Waals surface area contributed by atoms with Crippen molar-refractivity contribution in [2.45, 2.75) is 46.1 Å². The van der Waals surface area contributed by atoms with E-state index in [0.717, 1.165) is 12.1 Å². The normalized spacial score (nSPS) is 25.3. The number of rotatable bonds is 4. The Hall–Kier alpha value is -1.53. The Morgan fingerprint density at radius 2 is 2.18 bits per heavy atom. The summed E-state index contributed by atoms with van der Waals surface area (Å²) in [6.07, 6.45) is 1.45. The van der Waals surface area contributed by atoms with Crippen LogP contribution in [0.5, 0.6) is 0 Å². The van der Waals surface area contributed by atoms with Crippen molar-refractivity contribution in [1.29, 1.82) is 0 Å². The molecule has 1 amide bonds. The first kappa shape index (κ1) is 16.8. The lowest BCUT2D eigenvalue weighted by atomic mass is 9.74. The number of hydrogen-bond donors (Lipinski definition) is 2. The lowest BCUT2D eigenvalue weighted by Gasteiger charge is -2.45. The van der Waals surface area contributed by atoms with E-state index >= 15 is 0 Å². The quantitative estimate of drug-likeness (QED) is 0.869. The van der Waals surface area contributed by atoms with Crippen LogP contribution in [-0.2, 0) is 0 Å². The van der Waals surface area contributed by atoms with Crippen LogP contribution < -0.4 is 0 Å². The summed E-state index contributed by atoms with van der Waals surface area (Å²) in [5.74, 6) is 0.414. The first-order chi connectivity index (χ1) is 10.4. The molecule has 2 N–H and O–H groups in total. The third-order valence-corrected chi connectivity index (χ3v) is 4.42. The van der Waals surface area contributed by atoms with Crippen LogP contribution in [0.1, 0.15) is 48.2 Å². The number of hydrogen-bond acceptors (Lipinski definition) is 5. The molecule has 22 heavy (non-hydrogen) atoms. The Labute approximate surface area is 131 Å². The highest BCUT2D eigenvalue weighted by Gasteiger charge is 2.43. The van der Waals surface area contributed by atoms with Crippen LogP contribution in [0, 0.1) is 19.3 Å². The van der Waals surface area contributed by atoms with Gasteiger partial charge in [-0.05, 0) is 32.8 Å². The first-order valence-electron chi connectivity index (χ1n) is 7.82. The summed E-state index contributed by atoms with van der Waals surface area (Å²) >= 11 is 0. The van der Waals surface area contributed by atoms with Crippen LogP contribution >= 0.6 is 0 Å². The van der Waals surface area contributed by atoms with Crippen LogP contribution in [0.25, 0.3) is 0 Å². The van der Waals surface area contributed by atoms with Crippen LogP contribution in [0.2, 0.25) is 0 Å². The van der Waals surface area contributed by atoms with Crippen LogP contribution in [0.3, 0.4) is 0 Å². The maximum Gasteiger partial charge on any atom is 0.272 e. The fourth-order valence-electron chi connectivity index (χ4n) is 3.29. The number of carbonyl (C=O) groups excluding carboxylic acids is 1. The topological polar surface area (TPSA) is 86.5 Å². The van der Waals surface area contributed by atoms with Gasteiger partial charge in [0.2, 0.25) is 0 Å². The van der Waals surface area contributed by atoms with Gasteiger partial charge in [0.1, 0.15) is 11.5 Å². The van der Waals surface area contributed by atoms with E-state index in [1.54, 1.807) is 17.9 Å². The van der Waals surface area contributed by atoms with E-state index in [1.807, 2.05) is 13.8 Å². The van der Waals surface area contributed by atoms with Crippen molar-refractivity contribution in [1.82, 2.24) is 14.9 Å². The summed E-state index contributed by atoms with van der Waals surface area (Å²) in [5.41, 5.74) is 0.513. The molecule has 6 nitrogen and oxygen atoms in total. The summed E-state index contributed by atoms with van der Waals surface area (Å²) in [6.45, 7) is 6.34. The molecule has 0 radical (unpaired) electrons. The van der Waals surface area contributed by atoms with Gasteiger partial charge in [-0.2, -0.15) is 0 Å². The first-order valence-corrected chi connectivity index (χ1v) is 7.82. The van der Waals surface area contributed by atoms with E-state index in [2.05, 4.69) is 9.97 Å². The Bertz CT molecular complexity index is 529. The van der Waals surface area contributed by atoms with E-state index in [-0.39, 0.29) is 12.5 Å². The summed E-state index contributed by atoms with van der Waals surface area (Å²) < 4.78 is 0. The van der Waals surface area contributed by atoms with Gasteiger partial charge in [-0.1, -0.05) is 13.3 Å². The average Bonchev–Trinajstić information content (AvgIpc) is 2.48. The largest absolute Gasteiger partial charge is 0.396 e. The Morgan fingerprint density at radius 3 is 2.77 bits per heavy atom. The average molecular weight is 307 g/mol. The summed E-state index contributed by atoms with van der Waals surface area (Å²) in [4.78, 5) is 22.8. The van der Waals surface area contributed by atoms with Gasteiger partial charge < -0.3 is 15.1 Å². The van der Waals surface area contributed by atoms with E-state index in [9.17, 15) is 15.0 Å². The molecule has 0 spiro atoms. The molecular weight excluding hydrogens is 282 g/mol. The number of carbonyl (C=O) groups is 1. The molecule has 1 fully saturated rings. The van der Waals surface area contributed by atoms with Gasteiger partial charge >= 0.3 is 0 Å². The second kappa shape index (κ2) is 6.71. The zero-order chi connectivity index (χ0) is 16.3. The molecule has 1 saturated heterocycles. The summed E-state index contributed by atoms with van der Waals surface area (Å²) in [5, 5.41) is 20.1. The molecule has 0 aliphatic carbocycles. The molecule has 2 atom stereocenters. The molecule has 1 aliphatic rings. The second-order valence-electron chi connectivity index (χ2n) is 6.24. The number of likely N-dealkylation sites (tertiary alicyclic amines) is 1. The molecule has 0 bridgehead atoms. The van der Waals surface area contributed by atoms with Gasteiger partial charge in [0.15, 0.2) is 0 Å². The number of piperidine rings is 1.